The molecule has 4 nitrogen and oxygen atoms in total. The van der Waals surface area contributed by atoms with Crippen molar-refractivity contribution in [3.8, 4) is 0 Å². The van der Waals surface area contributed by atoms with E-state index >= 15 is 0 Å². The largest absolute Gasteiger partial charge is 1.00 e. The Morgan fingerprint density at radius 1 is 0.667 bits per heavy atom. The second-order valence-electron chi connectivity index (χ2n) is 7.26. The third-order valence-corrected chi connectivity index (χ3v) is 7.63. The SMILES string of the molecule is CCCCCCCCCC[N+](C)(C)CCC[Si](OC)(OC)OC.[Br-]. The lowest BCUT2D eigenvalue weighted by molar-refractivity contribution is -0.890. The van der Waals surface area contributed by atoms with Gasteiger partial charge in [0.15, 0.2) is 0 Å². The lowest BCUT2D eigenvalue weighted by Gasteiger charge is -2.31. The third kappa shape index (κ3) is 12.8. The number of hydrogen-bond donors (Lipinski definition) is 0. The van der Waals surface area contributed by atoms with Crippen molar-refractivity contribution in [3.05, 3.63) is 0 Å². The van der Waals surface area contributed by atoms with Gasteiger partial charge in [-0.05, 0) is 12.8 Å². The summed E-state index contributed by atoms with van der Waals surface area (Å²) in [6.45, 7) is 4.69. The van der Waals surface area contributed by atoms with Gasteiger partial charge in [0.25, 0.3) is 0 Å². The van der Waals surface area contributed by atoms with Crippen LogP contribution in [0.2, 0.25) is 6.04 Å². The zero-order valence-electron chi connectivity index (χ0n) is 17.0. The molecule has 0 amide bonds. The smallest absolute Gasteiger partial charge is 0.500 e. The van der Waals surface area contributed by atoms with E-state index in [2.05, 4.69) is 21.0 Å². The summed E-state index contributed by atoms with van der Waals surface area (Å²) in [4.78, 5) is 0. The van der Waals surface area contributed by atoms with Gasteiger partial charge in [-0.2, -0.15) is 0 Å². The summed E-state index contributed by atoms with van der Waals surface area (Å²) in [5, 5.41) is 0. The second kappa shape index (κ2) is 15.8. The first-order valence-corrected chi connectivity index (χ1v) is 11.4. The molecule has 0 fully saturated rings. The number of rotatable bonds is 16. The van der Waals surface area contributed by atoms with Gasteiger partial charge in [-0.15, -0.1) is 0 Å². The van der Waals surface area contributed by atoms with Gasteiger partial charge in [-0.1, -0.05) is 45.4 Å². The zero-order chi connectivity index (χ0) is 17.6. The predicted octanol–water partition coefficient (Wildman–Crippen LogP) is 1.48. The maximum absolute atomic E-state index is 5.49. The summed E-state index contributed by atoms with van der Waals surface area (Å²) >= 11 is 0. The second-order valence-corrected chi connectivity index (χ2v) is 10.3. The molecule has 148 valence electrons. The van der Waals surface area contributed by atoms with Crippen LogP contribution in [0.25, 0.3) is 0 Å². The van der Waals surface area contributed by atoms with Gasteiger partial charge in [-0.25, -0.2) is 0 Å². The molecule has 0 radical (unpaired) electrons. The monoisotopic (exact) mass is 427 g/mol. The normalized spacial score (nSPS) is 12.2. The predicted molar refractivity (Wildman–Crippen MR) is 101 cm³/mol. The molecule has 0 rings (SSSR count). The highest BCUT2D eigenvalue weighted by Crippen LogP contribution is 2.17. The van der Waals surface area contributed by atoms with Crippen LogP contribution in [0, 0.1) is 0 Å². The van der Waals surface area contributed by atoms with Crippen molar-refractivity contribution in [2.45, 2.75) is 70.8 Å². The highest BCUT2D eigenvalue weighted by molar-refractivity contribution is 6.60. The van der Waals surface area contributed by atoms with Gasteiger partial charge in [0.1, 0.15) is 0 Å². The molecule has 0 aliphatic rings. The molecule has 0 saturated heterocycles. The van der Waals surface area contributed by atoms with Crippen LogP contribution in [0.5, 0.6) is 0 Å². The number of nitrogens with zero attached hydrogens (tertiary/aromatic N) is 1. The van der Waals surface area contributed by atoms with Crippen LogP contribution < -0.4 is 17.0 Å². The minimum Gasteiger partial charge on any atom is -1.00 e. The van der Waals surface area contributed by atoms with Gasteiger partial charge in [0, 0.05) is 33.8 Å². The summed E-state index contributed by atoms with van der Waals surface area (Å²) in [6, 6.07) is 0.898. The molecule has 0 aromatic carbocycles. The van der Waals surface area contributed by atoms with Gasteiger partial charge in [-0.3, -0.25) is 0 Å². The Balaban J connectivity index is 0. The first-order chi connectivity index (χ1) is 10.9. The van der Waals surface area contributed by atoms with Crippen molar-refractivity contribution in [2.75, 3.05) is 48.5 Å². The van der Waals surface area contributed by atoms with E-state index in [0.29, 0.717) is 0 Å². The van der Waals surface area contributed by atoms with Gasteiger partial charge >= 0.3 is 8.80 Å². The molecule has 0 bridgehead atoms. The summed E-state index contributed by atoms with van der Waals surface area (Å²) in [6.07, 6.45) is 12.2. The first-order valence-electron chi connectivity index (χ1n) is 9.42. The molecule has 0 atom stereocenters. The van der Waals surface area contributed by atoms with Crippen LogP contribution in [0.3, 0.4) is 0 Å². The van der Waals surface area contributed by atoms with Crippen LogP contribution in [0.4, 0.5) is 0 Å². The highest BCUT2D eigenvalue weighted by Gasteiger charge is 2.37. The average molecular weight is 429 g/mol. The number of hydrogen-bond acceptors (Lipinski definition) is 3. The minimum atomic E-state index is -2.39. The van der Waals surface area contributed by atoms with Gasteiger partial charge in [0.05, 0.1) is 27.2 Å². The van der Waals surface area contributed by atoms with Crippen LogP contribution in [-0.2, 0) is 13.3 Å². The molecule has 0 aliphatic heterocycles. The molecule has 0 unspecified atom stereocenters. The maximum Gasteiger partial charge on any atom is 0.500 e. The fourth-order valence-corrected chi connectivity index (χ4v) is 4.77. The lowest BCUT2D eigenvalue weighted by Crippen LogP contribution is -3.00. The minimum absolute atomic E-state index is 0. The Kier molecular flexibility index (Phi) is 17.6. The molecule has 0 aliphatic carbocycles. The molecule has 0 heterocycles. The van der Waals surface area contributed by atoms with E-state index in [1.165, 1.54) is 57.9 Å². The summed E-state index contributed by atoms with van der Waals surface area (Å²) in [7, 11) is 7.36. The average Bonchev–Trinajstić information content (AvgIpc) is 2.54. The van der Waals surface area contributed by atoms with Crippen LogP contribution in [-0.4, -0.2) is 61.8 Å². The fourth-order valence-electron chi connectivity index (χ4n) is 3.07. The van der Waals surface area contributed by atoms with E-state index in [4.69, 9.17) is 13.3 Å². The molecule has 24 heavy (non-hydrogen) atoms. The topological polar surface area (TPSA) is 27.7 Å². The van der Waals surface area contributed by atoms with E-state index in [1.807, 2.05) is 0 Å². The summed E-state index contributed by atoms with van der Waals surface area (Å²) in [5.74, 6) is 0. The molecule has 0 aromatic heterocycles. The standard InChI is InChI=1S/C18H42NO3Si.BrH/c1-7-8-9-10-11-12-13-14-16-19(2,3)17-15-18-23(20-4,21-5)22-6;/h7-18H2,1-6H3;1H/q+1;/p-1. The van der Waals surface area contributed by atoms with Crippen LogP contribution in [0.15, 0.2) is 0 Å². The number of halogens is 1. The molecule has 6 heteroatoms. The first kappa shape index (κ1) is 26.8. The Labute approximate surface area is 163 Å². The number of quaternary nitrogens is 1. The Hall–Kier alpha value is 0.537. The molecule has 0 aromatic rings. The van der Waals surface area contributed by atoms with E-state index in [1.54, 1.807) is 21.3 Å². The Morgan fingerprint density at radius 3 is 1.54 bits per heavy atom. The highest BCUT2D eigenvalue weighted by atomic mass is 79.9. The van der Waals surface area contributed by atoms with E-state index < -0.39 is 8.80 Å². The Morgan fingerprint density at radius 2 is 1.08 bits per heavy atom. The maximum atomic E-state index is 5.49. The van der Waals surface area contributed by atoms with E-state index in [0.717, 1.165) is 23.5 Å². The van der Waals surface area contributed by atoms with Crippen LogP contribution >= 0.6 is 0 Å². The molecular formula is C18H42BrNO3Si. The van der Waals surface area contributed by atoms with E-state index in [-0.39, 0.29) is 17.0 Å². The van der Waals surface area contributed by atoms with Crippen molar-refractivity contribution in [2.24, 2.45) is 0 Å². The summed E-state index contributed by atoms with van der Waals surface area (Å²) in [5.41, 5.74) is 0. The van der Waals surface area contributed by atoms with Crippen LogP contribution in [0.1, 0.15) is 64.7 Å². The molecule has 0 N–H and O–H groups in total. The summed E-state index contributed by atoms with van der Waals surface area (Å²) < 4.78 is 17.6. The van der Waals surface area contributed by atoms with Crippen molar-refractivity contribution in [1.29, 1.82) is 0 Å². The third-order valence-electron chi connectivity index (χ3n) is 4.80. The van der Waals surface area contributed by atoms with Gasteiger partial charge < -0.3 is 34.7 Å². The molecule has 0 saturated carbocycles. The Bertz CT molecular complexity index is 269. The zero-order valence-corrected chi connectivity index (χ0v) is 19.6. The van der Waals surface area contributed by atoms with Gasteiger partial charge in [0.2, 0.25) is 0 Å². The number of unbranched alkanes of at least 4 members (excludes halogenated alkanes) is 7. The van der Waals surface area contributed by atoms with Crippen molar-refractivity contribution < 1.29 is 34.7 Å². The lowest BCUT2D eigenvalue weighted by atomic mass is 10.1. The van der Waals surface area contributed by atoms with Crippen molar-refractivity contribution >= 4 is 8.80 Å². The molecular weight excluding hydrogens is 386 g/mol. The van der Waals surface area contributed by atoms with E-state index in [9.17, 15) is 0 Å². The van der Waals surface area contributed by atoms with Crippen molar-refractivity contribution in [1.82, 2.24) is 0 Å². The fraction of sp³-hybridized carbons (Fsp3) is 1.00. The van der Waals surface area contributed by atoms with Crippen molar-refractivity contribution in [3.63, 3.8) is 0 Å². The quantitative estimate of drug-likeness (QED) is 0.212. The molecule has 0 spiro atoms.